The van der Waals surface area contributed by atoms with Crippen LogP contribution in [0.5, 0.6) is 0 Å². The zero-order valence-corrected chi connectivity index (χ0v) is 12.6. The third kappa shape index (κ3) is 4.72. The molecule has 0 saturated carbocycles. The van der Waals surface area contributed by atoms with Gasteiger partial charge in [0.25, 0.3) is 0 Å². The SMILES string of the molecule is CN(CCCCCO)c1cc(Br)ccc1/C(N)=N/O. The van der Waals surface area contributed by atoms with E-state index in [0.29, 0.717) is 5.56 Å². The molecule has 0 aliphatic rings. The number of anilines is 1. The Morgan fingerprint density at radius 1 is 1.37 bits per heavy atom. The number of oxime groups is 1. The van der Waals surface area contributed by atoms with Crippen LogP contribution in [0.2, 0.25) is 0 Å². The number of unbranched alkanes of at least 4 members (excludes halogenated alkanes) is 2. The Morgan fingerprint density at radius 3 is 2.74 bits per heavy atom. The van der Waals surface area contributed by atoms with Crippen LogP contribution in [0.1, 0.15) is 24.8 Å². The Kier molecular flexibility index (Phi) is 6.66. The first kappa shape index (κ1) is 15.8. The van der Waals surface area contributed by atoms with Crippen LogP contribution < -0.4 is 10.6 Å². The number of nitrogens with zero attached hydrogens (tertiary/aromatic N) is 2. The molecule has 5 nitrogen and oxygen atoms in total. The summed E-state index contributed by atoms with van der Waals surface area (Å²) in [6.45, 7) is 1.08. The van der Waals surface area contributed by atoms with Crippen molar-refractivity contribution in [3.05, 3.63) is 28.2 Å². The Hall–Kier alpha value is -1.27. The summed E-state index contributed by atoms with van der Waals surface area (Å²) in [6, 6.07) is 5.62. The second-order valence-electron chi connectivity index (χ2n) is 4.35. The van der Waals surface area contributed by atoms with E-state index in [1.165, 1.54) is 0 Å². The van der Waals surface area contributed by atoms with Crippen molar-refractivity contribution in [3.8, 4) is 0 Å². The van der Waals surface area contributed by atoms with Gasteiger partial charge in [0.15, 0.2) is 5.84 Å². The number of halogens is 1. The van der Waals surface area contributed by atoms with Gasteiger partial charge in [-0.15, -0.1) is 0 Å². The summed E-state index contributed by atoms with van der Waals surface area (Å²) in [5.41, 5.74) is 7.30. The van der Waals surface area contributed by atoms with Gasteiger partial charge in [0.05, 0.1) is 0 Å². The van der Waals surface area contributed by atoms with E-state index in [9.17, 15) is 0 Å². The topological polar surface area (TPSA) is 82.1 Å². The van der Waals surface area contributed by atoms with E-state index in [-0.39, 0.29) is 12.4 Å². The van der Waals surface area contributed by atoms with Crippen molar-refractivity contribution in [1.29, 1.82) is 0 Å². The predicted octanol–water partition coefficient (Wildman–Crippen LogP) is 2.14. The molecule has 19 heavy (non-hydrogen) atoms. The highest BCUT2D eigenvalue weighted by Gasteiger charge is 2.11. The molecule has 0 bridgehead atoms. The third-order valence-electron chi connectivity index (χ3n) is 2.91. The maximum atomic E-state index is 8.81. The van der Waals surface area contributed by atoms with Crippen LogP contribution in [0, 0.1) is 0 Å². The van der Waals surface area contributed by atoms with Gasteiger partial charge in [-0.05, 0) is 37.5 Å². The average Bonchev–Trinajstić information content (AvgIpc) is 2.42. The molecule has 1 aromatic rings. The number of aliphatic hydroxyl groups excluding tert-OH is 1. The van der Waals surface area contributed by atoms with Crippen molar-refractivity contribution in [2.45, 2.75) is 19.3 Å². The molecule has 6 heteroatoms. The number of benzene rings is 1. The molecule has 0 atom stereocenters. The minimum Gasteiger partial charge on any atom is -0.409 e. The largest absolute Gasteiger partial charge is 0.409 e. The minimum atomic E-state index is 0.102. The zero-order valence-electron chi connectivity index (χ0n) is 11.0. The quantitative estimate of drug-likeness (QED) is 0.235. The summed E-state index contributed by atoms with van der Waals surface area (Å²) in [5, 5.41) is 20.6. The first-order valence-electron chi connectivity index (χ1n) is 6.19. The van der Waals surface area contributed by atoms with Crippen LogP contribution in [-0.4, -0.2) is 36.3 Å². The van der Waals surface area contributed by atoms with E-state index >= 15 is 0 Å². The molecule has 0 amide bonds. The number of hydrogen-bond donors (Lipinski definition) is 3. The molecule has 0 fully saturated rings. The van der Waals surface area contributed by atoms with Crippen LogP contribution in [-0.2, 0) is 0 Å². The van der Waals surface area contributed by atoms with Gasteiger partial charge in [0, 0.05) is 35.9 Å². The first-order valence-corrected chi connectivity index (χ1v) is 6.99. The standard InChI is InChI=1S/C13H20BrN3O2/c1-17(7-3-2-4-8-18)12-9-10(14)5-6-11(12)13(15)16-19/h5-6,9,18-19H,2-4,7-8H2,1H3,(H2,15,16). The molecule has 106 valence electrons. The molecule has 0 unspecified atom stereocenters. The van der Waals surface area contributed by atoms with Crippen molar-refractivity contribution in [2.75, 3.05) is 25.1 Å². The normalized spacial score (nSPS) is 11.6. The van der Waals surface area contributed by atoms with Crippen LogP contribution in [0.15, 0.2) is 27.8 Å². The van der Waals surface area contributed by atoms with E-state index in [2.05, 4.69) is 26.0 Å². The van der Waals surface area contributed by atoms with Crippen LogP contribution in [0.25, 0.3) is 0 Å². The highest BCUT2D eigenvalue weighted by atomic mass is 79.9. The van der Waals surface area contributed by atoms with Gasteiger partial charge in [0.2, 0.25) is 0 Å². The average molecular weight is 330 g/mol. The fourth-order valence-electron chi connectivity index (χ4n) is 1.85. The smallest absolute Gasteiger partial charge is 0.172 e. The molecule has 1 rings (SSSR count). The lowest BCUT2D eigenvalue weighted by atomic mass is 10.1. The van der Waals surface area contributed by atoms with E-state index < -0.39 is 0 Å². The summed E-state index contributed by atoms with van der Waals surface area (Å²) in [7, 11) is 1.97. The van der Waals surface area contributed by atoms with Gasteiger partial charge >= 0.3 is 0 Å². The summed E-state index contributed by atoms with van der Waals surface area (Å²) < 4.78 is 0.944. The van der Waals surface area contributed by atoms with E-state index in [1.807, 2.05) is 25.2 Å². The van der Waals surface area contributed by atoms with E-state index in [0.717, 1.165) is 36.0 Å². The van der Waals surface area contributed by atoms with E-state index in [4.69, 9.17) is 16.0 Å². The lowest BCUT2D eigenvalue weighted by Gasteiger charge is -2.22. The van der Waals surface area contributed by atoms with Crippen LogP contribution in [0.4, 0.5) is 5.69 Å². The van der Waals surface area contributed by atoms with E-state index in [1.54, 1.807) is 0 Å². The first-order chi connectivity index (χ1) is 9.10. The Bertz CT molecular complexity index is 438. The molecule has 0 aliphatic heterocycles. The number of amidine groups is 1. The molecule has 0 aromatic heterocycles. The maximum Gasteiger partial charge on any atom is 0.172 e. The number of rotatable bonds is 7. The molecule has 1 aromatic carbocycles. The van der Waals surface area contributed by atoms with Crippen molar-refractivity contribution in [1.82, 2.24) is 0 Å². The van der Waals surface area contributed by atoms with Crippen LogP contribution >= 0.6 is 15.9 Å². The Labute approximate surface area is 121 Å². The zero-order chi connectivity index (χ0) is 14.3. The van der Waals surface area contributed by atoms with Crippen molar-refractivity contribution in [3.63, 3.8) is 0 Å². The highest BCUT2D eigenvalue weighted by Crippen LogP contribution is 2.24. The Balaban J connectivity index is 2.82. The third-order valence-corrected chi connectivity index (χ3v) is 3.40. The lowest BCUT2D eigenvalue weighted by molar-refractivity contribution is 0.283. The number of hydrogen-bond acceptors (Lipinski definition) is 4. The van der Waals surface area contributed by atoms with Gasteiger partial charge in [-0.3, -0.25) is 0 Å². The second-order valence-corrected chi connectivity index (χ2v) is 5.27. The predicted molar refractivity (Wildman–Crippen MR) is 80.9 cm³/mol. The van der Waals surface area contributed by atoms with Gasteiger partial charge < -0.3 is 20.9 Å². The number of nitrogens with two attached hydrogens (primary N) is 1. The van der Waals surface area contributed by atoms with Crippen molar-refractivity contribution < 1.29 is 10.3 Å². The van der Waals surface area contributed by atoms with Gasteiger partial charge in [-0.2, -0.15) is 0 Å². The summed E-state index contributed by atoms with van der Waals surface area (Å²) in [4.78, 5) is 2.06. The fraction of sp³-hybridized carbons (Fsp3) is 0.462. The molecular formula is C13H20BrN3O2. The minimum absolute atomic E-state index is 0.102. The highest BCUT2D eigenvalue weighted by molar-refractivity contribution is 9.10. The number of aliphatic hydroxyl groups is 1. The summed E-state index contributed by atoms with van der Waals surface area (Å²) in [5.74, 6) is 0.102. The molecule has 0 aliphatic carbocycles. The fourth-order valence-corrected chi connectivity index (χ4v) is 2.20. The summed E-state index contributed by atoms with van der Waals surface area (Å²) in [6.07, 6.45) is 2.78. The lowest BCUT2D eigenvalue weighted by Crippen LogP contribution is -2.24. The molecule has 0 spiro atoms. The van der Waals surface area contributed by atoms with Crippen molar-refractivity contribution in [2.24, 2.45) is 10.9 Å². The van der Waals surface area contributed by atoms with Gasteiger partial charge in [0.1, 0.15) is 0 Å². The van der Waals surface area contributed by atoms with Gasteiger partial charge in [-0.25, -0.2) is 0 Å². The summed E-state index contributed by atoms with van der Waals surface area (Å²) >= 11 is 3.43. The molecule has 0 saturated heterocycles. The molecule has 0 heterocycles. The van der Waals surface area contributed by atoms with Crippen LogP contribution in [0.3, 0.4) is 0 Å². The second kappa shape index (κ2) is 8.01. The molecule has 4 N–H and O–H groups in total. The molecular weight excluding hydrogens is 310 g/mol. The molecule has 0 radical (unpaired) electrons. The monoisotopic (exact) mass is 329 g/mol. The maximum absolute atomic E-state index is 8.81. The van der Waals surface area contributed by atoms with Crippen molar-refractivity contribution >= 4 is 27.5 Å². The van der Waals surface area contributed by atoms with Gasteiger partial charge in [-0.1, -0.05) is 21.1 Å². The Morgan fingerprint density at radius 2 is 2.11 bits per heavy atom.